The Hall–Kier alpha value is -2.30. The number of nitrogens with two attached hydrogens (primary N) is 1. The van der Waals surface area contributed by atoms with Gasteiger partial charge in [0, 0.05) is 24.7 Å². The molecule has 0 atom stereocenters. The van der Waals surface area contributed by atoms with Gasteiger partial charge in [-0.05, 0) is 13.8 Å². The maximum atomic E-state index is 5.92. The fraction of sp³-hybridized carbons (Fsp3) is 0.333. The molecule has 106 valence electrons. The van der Waals surface area contributed by atoms with Crippen LogP contribution in [0.15, 0.2) is 45.9 Å². The first-order chi connectivity index (χ1) is 9.74. The second kappa shape index (κ2) is 6.75. The molecule has 0 aliphatic heterocycles. The Labute approximate surface area is 119 Å². The minimum atomic E-state index is 0.429. The van der Waals surface area contributed by atoms with Crippen LogP contribution < -0.4 is 5.73 Å². The van der Waals surface area contributed by atoms with Gasteiger partial charge in [-0.1, -0.05) is 35.5 Å². The molecule has 0 spiro atoms. The molecule has 0 saturated heterocycles. The van der Waals surface area contributed by atoms with Crippen LogP contribution in [-0.2, 0) is 6.54 Å². The highest BCUT2D eigenvalue weighted by Gasteiger charge is 2.07. The van der Waals surface area contributed by atoms with Gasteiger partial charge in [-0.3, -0.25) is 0 Å². The van der Waals surface area contributed by atoms with Crippen LogP contribution >= 0.6 is 0 Å². The fourth-order valence-corrected chi connectivity index (χ4v) is 1.93. The van der Waals surface area contributed by atoms with Crippen molar-refractivity contribution in [2.24, 2.45) is 10.7 Å². The minimum absolute atomic E-state index is 0.429. The number of nitrogens with zero attached hydrogens (tertiary/aromatic N) is 3. The Morgan fingerprint density at radius 1 is 1.25 bits per heavy atom. The van der Waals surface area contributed by atoms with Crippen molar-refractivity contribution in [3.8, 4) is 11.3 Å². The van der Waals surface area contributed by atoms with Crippen molar-refractivity contribution in [1.82, 2.24) is 10.1 Å². The molecule has 20 heavy (non-hydrogen) atoms. The lowest BCUT2D eigenvalue weighted by Crippen LogP contribution is -2.37. The van der Waals surface area contributed by atoms with Gasteiger partial charge >= 0.3 is 0 Å². The summed E-state index contributed by atoms with van der Waals surface area (Å²) in [5, 5.41) is 4.02. The van der Waals surface area contributed by atoms with Crippen molar-refractivity contribution in [3.05, 3.63) is 42.1 Å². The summed E-state index contributed by atoms with van der Waals surface area (Å²) in [7, 11) is 0. The van der Waals surface area contributed by atoms with Gasteiger partial charge in [0.25, 0.3) is 0 Å². The smallest absolute Gasteiger partial charge is 0.191 e. The largest absolute Gasteiger partial charge is 0.370 e. The summed E-state index contributed by atoms with van der Waals surface area (Å²) in [6, 6.07) is 11.8. The summed E-state index contributed by atoms with van der Waals surface area (Å²) in [5.41, 5.74) is 7.71. The van der Waals surface area contributed by atoms with Crippen LogP contribution in [0, 0.1) is 0 Å². The number of rotatable bonds is 5. The molecule has 1 heterocycles. The van der Waals surface area contributed by atoms with Gasteiger partial charge in [0.15, 0.2) is 11.7 Å². The number of hydrogen-bond acceptors (Lipinski definition) is 3. The summed E-state index contributed by atoms with van der Waals surface area (Å²) in [6.07, 6.45) is 0. The van der Waals surface area contributed by atoms with Crippen molar-refractivity contribution < 1.29 is 4.52 Å². The summed E-state index contributed by atoms with van der Waals surface area (Å²) in [4.78, 5) is 6.34. The van der Waals surface area contributed by atoms with E-state index in [0.717, 1.165) is 30.1 Å². The molecular formula is C15H20N4O. The van der Waals surface area contributed by atoms with Crippen LogP contribution in [0.5, 0.6) is 0 Å². The van der Waals surface area contributed by atoms with Crippen molar-refractivity contribution in [1.29, 1.82) is 0 Å². The Kier molecular flexibility index (Phi) is 4.76. The van der Waals surface area contributed by atoms with Crippen LogP contribution in [0.4, 0.5) is 0 Å². The van der Waals surface area contributed by atoms with Crippen LogP contribution in [0.25, 0.3) is 11.3 Å². The van der Waals surface area contributed by atoms with Gasteiger partial charge in [-0.2, -0.15) is 0 Å². The van der Waals surface area contributed by atoms with E-state index in [1.165, 1.54) is 0 Å². The Morgan fingerprint density at radius 2 is 1.95 bits per heavy atom. The fourth-order valence-electron chi connectivity index (χ4n) is 1.93. The molecular weight excluding hydrogens is 252 g/mol. The molecule has 0 aliphatic carbocycles. The van der Waals surface area contributed by atoms with E-state index in [1.807, 2.05) is 41.3 Å². The lowest BCUT2D eigenvalue weighted by atomic mass is 10.2. The van der Waals surface area contributed by atoms with Gasteiger partial charge in [-0.15, -0.1) is 0 Å². The highest BCUT2D eigenvalue weighted by molar-refractivity contribution is 5.78. The van der Waals surface area contributed by atoms with Crippen molar-refractivity contribution in [2.75, 3.05) is 13.1 Å². The van der Waals surface area contributed by atoms with Crippen molar-refractivity contribution in [2.45, 2.75) is 20.4 Å². The standard InChI is InChI=1S/C15H20N4O/c1-3-19(4-2)15(16)17-11-13-10-14(20-18-13)12-8-6-5-7-9-12/h5-10H,3-4,11H2,1-2H3,(H2,16,17). The Balaban J connectivity index is 2.05. The molecule has 2 aromatic rings. The third kappa shape index (κ3) is 3.38. The topological polar surface area (TPSA) is 67.7 Å². The van der Waals surface area contributed by atoms with E-state index in [2.05, 4.69) is 24.0 Å². The summed E-state index contributed by atoms with van der Waals surface area (Å²) >= 11 is 0. The highest BCUT2D eigenvalue weighted by Crippen LogP contribution is 2.19. The van der Waals surface area contributed by atoms with Gasteiger partial charge in [0.2, 0.25) is 0 Å². The molecule has 0 amide bonds. The van der Waals surface area contributed by atoms with Crippen molar-refractivity contribution in [3.63, 3.8) is 0 Å². The molecule has 0 unspecified atom stereocenters. The quantitative estimate of drug-likeness (QED) is 0.670. The predicted octanol–water partition coefficient (Wildman–Crippen LogP) is 2.50. The van der Waals surface area contributed by atoms with Gasteiger partial charge in [-0.25, -0.2) is 4.99 Å². The maximum Gasteiger partial charge on any atom is 0.191 e. The second-order valence-corrected chi connectivity index (χ2v) is 4.40. The third-order valence-corrected chi connectivity index (χ3v) is 3.11. The molecule has 0 saturated carbocycles. The van der Waals surface area contributed by atoms with E-state index in [-0.39, 0.29) is 0 Å². The zero-order valence-corrected chi connectivity index (χ0v) is 11.9. The van der Waals surface area contributed by atoms with Crippen LogP contribution in [0.1, 0.15) is 19.5 Å². The molecule has 1 aromatic heterocycles. The summed E-state index contributed by atoms with van der Waals surface area (Å²) in [5.74, 6) is 1.29. The number of aromatic nitrogens is 1. The maximum absolute atomic E-state index is 5.92. The molecule has 1 aromatic carbocycles. The minimum Gasteiger partial charge on any atom is -0.370 e. The SMILES string of the molecule is CCN(CC)C(N)=NCc1cc(-c2ccccc2)on1. The predicted molar refractivity (Wildman–Crippen MR) is 80.2 cm³/mol. The summed E-state index contributed by atoms with van der Waals surface area (Å²) < 4.78 is 5.32. The Morgan fingerprint density at radius 3 is 2.60 bits per heavy atom. The molecule has 2 N–H and O–H groups in total. The lowest BCUT2D eigenvalue weighted by molar-refractivity contribution is 0.423. The Bertz CT molecular complexity index is 558. The monoisotopic (exact) mass is 272 g/mol. The van der Waals surface area contributed by atoms with E-state index >= 15 is 0 Å². The summed E-state index contributed by atoms with van der Waals surface area (Å²) in [6.45, 7) is 6.23. The lowest BCUT2D eigenvalue weighted by Gasteiger charge is -2.18. The zero-order valence-electron chi connectivity index (χ0n) is 11.9. The molecule has 5 heteroatoms. The van der Waals surface area contributed by atoms with E-state index in [9.17, 15) is 0 Å². The van der Waals surface area contributed by atoms with E-state index in [4.69, 9.17) is 10.3 Å². The third-order valence-electron chi connectivity index (χ3n) is 3.11. The molecule has 0 radical (unpaired) electrons. The second-order valence-electron chi connectivity index (χ2n) is 4.40. The van der Waals surface area contributed by atoms with Crippen LogP contribution in [-0.4, -0.2) is 29.1 Å². The zero-order chi connectivity index (χ0) is 14.4. The molecule has 5 nitrogen and oxygen atoms in total. The number of hydrogen-bond donors (Lipinski definition) is 1. The first-order valence-corrected chi connectivity index (χ1v) is 6.80. The van der Waals surface area contributed by atoms with Gasteiger partial charge < -0.3 is 15.2 Å². The van der Waals surface area contributed by atoms with Crippen LogP contribution in [0.3, 0.4) is 0 Å². The van der Waals surface area contributed by atoms with Crippen molar-refractivity contribution >= 4 is 5.96 Å². The van der Waals surface area contributed by atoms with E-state index < -0.39 is 0 Å². The first kappa shape index (κ1) is 14.1. The number of guanidine groups is 1. The number of benzene rings is 1. The molecule has 2 rings (SSSR count). The van der Waals surface area contributed by atoms with Gasteiger partial charge in [0.1, 0.15) is 5.69 Å². The number of aliphatic imine (C=N–C) groups is 1. The van der Waals surface area contributed by atoms with E-state index in [1.54, 1.807) is 0 Å². The first-order valence-electron chi connectivity index (χ1n) is 6.80. The highest BCUT2D eigenvalue weighted by atomic mass is 16.5. The van der Waals surface area contributed by atoms with Crippen LogP contribution in [0.2, 0.25) is 0 Å². The average Bonchev–Trinajstić information content (AvgIpc) is 2.96. The van der Waals surface area contributed by atoms with Gasteiger partial charge in [0.05, 0.1) is 6.54 Å². The average molecular weight is 272 g/mol. The molecule has 0 fully saturated rings. The normalized spacial score (nSPS) is 11.6. The molecule has 0 bridgehead atoms. The molecule has 0 aliphatic rings. The van der Waals surface area contributed by atoms with E-state index in [0.29, 0.717) is 12.5 Å².